The molecule has 3 heterocycles. The summed E-state index contributed by atoms with van der Waals surface area (Å²) in [6, 6.07) is 10.4. The van der Waals surface area contributed by atoms with Crippen molar-refractivity contribution >= 4 is 17.4 Å². The average molecular weight is 437 g/mol. The van der Waals surface area contributed by atoms with Gasteiger partial charge in [0.1, 0.15) is 24.7 Å². The van der Waals surface area contributed by atoms with Gasteiger partial charge in [-0.3, -0.25) is 9.59 Å². The number of hydrogen-bond acceptors (Lipinski definition) is 7. The standard InChI is InChI=1S/C24H23NO7/c26-16-4-1-3-14(11-16)21-20(23(28)24(29)25(21)13-17-5-2-8-30-17)22(27)15-6-7-18-19(12-15)32-10-9-31-18/h1,3-4,6-7,11-12,17,21,26-27H,2,5,8-10,13H2/b22-20-. The first-order valence-corrected chi connectivity index (χ1v) is 10.6. The third-order valence-electron chi connectivity index (χ3n) is 5.97. The number of nitrogens with zero attached hydrogens (tertiary/aromatic N) is 1. The van der Waals surface area contributed by atoms with Crippen LogP contribution in [0.25, 0.3) is 5.76 Å². The van der Waals surface area contributed by atoms with E-state index < -0.39 is 17.7 Å². The summed E-state index contributed by atoms with van der Waals surface area (Å²) in [4.78, 5) is 27.5. The van der Waals surface area contributed by atoms with Crippen LogP contribution >= 0.6 is 0 Å². The summed E-state index contributed by atoms with van der Waals surface area (Å²) < 4.78 is 16.8. The van der Waals surface area contributed by atoms with Gasteiger partial charge in [-0.25, -0.2) is 0 Å². The third kappa shape index (κ3) is 3.56. The second kappa shape index (κ2) is 8.20. The van der Waals surface area contributed by atoms with Crippen LogP contribution in [0.15, 0.2) is 48.0 Å². The summed E-state index contributed by atoms with van der Waals surface area (Å²) in [5, 5.41) is 21.2. The first-order valence-electron chi connectivity index (χ1n) is 10.6. The lowest BCUT2D eigenvalue weighted by Gasteiger charge is -2.27. The molecule has 2 fully saturated rings. The Hall–Kier alpha value is -3.52. The van der Waals surface area contributed by atoms with E-state index in [1.54, 1.807) is 30.3 Å². The van der Waals surface area contributed by atoms with Gasteiger partial charge in [0.25, 0.3) is 11.7 Å². The molecule has 8 heteroatoms. The summed E-state index contributed by atoms with van der Waals surface area (Å²) in [6.45, 7) is 1.65. The van der Waals surface area contributed by atoms with Gasteiger partial charge in [0.2, 0.25) is 0 Å². The Morgan fingerprint density at radius 3 is 2.59 bits per heavy atom. The van der Waals surface area contributed by atoms with Crippen molar-refractivity contribution in [2.75, 3.05) is 26.4 Å². The number of ether oxygens (including phenoxy) is 3. The fourth-order valence-corrected chi connectivity index (χ4v) is 4.46. The minimum atomic E-state index is -0.848. The van der Waals surface area contributed by atoms with Gasteiger partial charge in [0.15, 0.2) is 11.5 Å². The molecular formula is C24H23NO7. The Morgan fingerprint density at radius 2 is 1.84 bits per heavy atom. The maximum Gasteiger partial charge on any atom is 0.295 e. The zero-order valence-electron chi connectivity index (χ0n) is 17.3. The molecule has 166 valence electrons. The third-order valence-corrected chi connectivity index (χ3v) is 5.97. The summed E-state index contributed by atoms with van der Waals surface area (Å²) in [5.41, 5.74) is 0.839. The number of phenols is 1. The first kappa shape index (κ1) is 20.4. The van der Waals surface area contributed by atoms with Gasteiger partial charge in [-0.15, -0.1) is 0 Å². The van der Waals surface area contributed by atoms with E-state index in [0.29, 0.717) is 42.4 Å². The monoisotopic (exact) mass is 437 g/mol. The molecule has 0 aromatic heterocycles. The van der Waals surface area contributed by atoms with E-state index in [-0.39, 0.29) is 29.7 Å². The van der Waals surface area contributed by atoms with Crippen molar-refractivity contribution in [2.45, 2.75) is 25.0 Å². The second-order valence-electron chi connectivity index (χ2n) is 8.04. The van der Waals surface area contributed by atoms with Gasteiger partial charge in [-0.2, -0.15) is 0 Å². The molecule has 2 unspecified atom stereocenters. The molecule has 0 aliphatic carbocycles. The van der Waals surface area contributed by atoms with Crippen molar-refractivity contribution in [2.24, 2.45) is 0 Å². The van der Waals surface area contributed by atoms with E-state index in [1.807, 2.05) is 0 Å². The molecule has 0 bridgehead atoms. The molecule has 2 saturated heterocycles. The number of rotatable bonds is 4. The van der Waals surface area contributed by atoms with Crippen LogP contribution in [0.1, 0.15) is 30.0 Å². The largest absolute Gasteiger partial charge is 0.508 e. The van der Waals surface area contributed by atoms with E-state index in [9.17, 15) is 19.8 Å². The highest BCUT2D eigenvalue weighted by atomic mass is 16.6. The Bertz CT molecular complexity index is 1100. The predicted octanol–water partition coefficient (Wildman–Crippen LogP) is 2.76. The van der Waals surface area contributed by atoms with Crippen LogP contribution in [-0.4, -0.2) is 59.3 Å². The molecule has 0 radical (unpaired) electrons. The molecule has 0 spiro atoms. The number of carbonyl (C=O) groups excluding carboxylic acids is 2. The second-order valence-corrected chi connectivity index (χ2v) is 8.04. The zero-order valence-corrected chi connectivity index (χ0v) is 17.3. The van der Waals surface area contributed by atoms with Gasteiger partial charge in [-0.05, 0) is 48.7 Å². The van der Waals surface area contributed by atoms with Crippen LogP contribution in [0, 0.1) is 0 Å². The van der Waals surface area contributed by atoms with E-state index in [4.69, 9.17) is 14.2 Å². The Labute approximate surface area is 184 Å². The van der Waals surface area contributed by atoms with Crippen LogP contribution in [0.4, 0.5) is 0 Å². The number of aromatic hydroxyl groups is 1. The number of aliphatic hydroxyl groups excluding tert-OH is 1. The molecule has 5 rings (SSSR count). The van der Waals surface area contributed by atoms with Gasteiger partial charge >= 0.3 is 0 Å². The number of amides is 1. The van der Waals surface area contributed by atoms with Gasteiger partial charge in [0, 0.05) is 18.7 Å². The smallest absolute Gasteiger partial charge is 0.295 e. The maximum atomic E-state index is 13.1. The Balaban J connectivity index is 1.61. The average Bonchev–Trinajstić information content (AvgIpc) is 3.41. The number of Topliss-reactive ketones (excluding diaryl/α,β-unsaturated/α-hetero) is 1. The van der Waals surface area contributed by atoms with Crippen LogP contribution in [0.2, 0.25) is 0 Å². The number of aliphatic hydroxyl groups is 1. The number of benzene rings is 2. The lowest BCUT2D eigenvalue weighted by atomic mass is 9.95. The molecule has 1 amide bonds. The highest BCUT2D eigenvalue weighted by Crippen LogP contribution is 2.42. The fraction of sp³-hybridized carbons (Fsp3) is 0.333. The van der Waals surface area contributed by atoms with Crippen molar-refractivity contribution in [1.29, 1.82) is 0 Å². The van der Waals surface area contributed by atoms with Crippen LogP contribution in [0.5, 0.6) is 17.2 Å². The minimum Gasteiger partial charge on any atom is -0.508 e. The summed E-state index contributed by atoms with van der Waals surface area (Å²) in [5.74, 6) is -0.760. The number of carbonyl (C=O) groups is 2. The van der Waals surface area contributed by atoms with Crippen LogP contribution in [0.3, 0.4) is 0 Å². The molecule has 8 nitrogen and oxygen atoms in total. The Morgan fingerprint density at radius 1 is 1.03 bits per heavy atom. The van der Waals surface area contributed by atoms with Crippen molar-refractivity contribution in [3.8, 4) is 17.2 Å². The lowest BCUT2D eigenvalue weighted by Crippen LogP contribution is -2.36. The summed E-state index contributed by atoms with van der Waals surface area (Å²) in [6.07, 6.45) is 1.50. The van der Waals surface area contributed by atoms with E-state index >= 15 is 0 Å². The van der Waals surface area contributed by atoms with Crippen molar-refractivity contribution < 1.29 is 34.0 Å². The van der Waals surface area contributed by atoms with Crippen LogP contribution < -0.4 is 9.47 Å². The number of phenolic OH excluding ortho intramolecular Hbond substituents is 1. The van der Waals surface area contributed by atoms with E-state index in [1.165, 1.54) is 17.0 Å². The highest BCUT2D eigenvalue weighted by molar-refractivity contribution is 6.46. The number of fused-ring (bicyclic) bond motifs is 1. The number of ketones is 1. The van der Waals surface area contributed by atoms with E-state index in [2.05, 4.69) is 0 Å². The number of likely N-dealkylation sites (tertiary alicyclic amines) is 1. The normalized spacial score (nSPS) is 24.2. The predicted molar refractivity (Wildman–Crippen MR) is 114 cm³/mol. The van der Waals surface area contributed by atoms with Crippen molar-refractivity contribution in [3.63, 3.8) is 0 Å². The van der Waals surface area contributed by atoms with Crippen molar-refractivity contribution in [1.82, 2.24) is 4.90 Å². The fourth-order valence-electron chi connectivity index (χ4n) is 4.46. The first-order chi connectivity index (χ1) is 15.5. The highest BCUT2D eigenvalue weighted by Gasteiger charge is 2.47. The maximum absolute atomic E-state index is 13.1. The van der Waals surface area contributed by atoms with Crippen molar-refractivity contribution in [3.05, 3.63) is 59.2 Å². The Kier molecular flexibility index (Phi) is 5.22. The zero-order chi connectivity index (χ0) is 22.2. The quantitative estimate of drug-likeness (QED) is 0.430. The summed E-state index contributed by atoms with van der Waals surface area (Å²) in [7, 11) is 0. The van der Waals surface area contributed by atoms with E-state index in [0.717, 1.165) is 12.8 Å². The van der Waals surface area contributed by atoms with Gasteiger partial charge in [0.05, 0.1) is 17.7 Å². The molecule has 2 aromatic rings. The van der Waals surface area contributed by atoms with Gasteiger partial charge in [-0.1, -0.05) is 12.1 Å². The molecule has 2 aromatic carbocycles. The molecule has 3 aliphatic heterocycles. The molecule has 3 aliphatic rings. The molecule has 2 N–H and O–H groups in total. The summed E-state index contributed by atoms with van der Waals surface area (Å²) >= 11 is 0. The SMILES string of the molecule is O=C1C(=O)N(CC2CCCO2)C(c2cccc(O)c2)/C1=C(/O)c1ccc2c(c1)OCCO2. The molecular weight excluding hydrogens is 414 g/mol. The minimum absolute atomic E-state index is 0.00420. The molecule has 2 atom stereocenters. The molecule has 0 saturated carbocycles. The van der Waals surface area contributed by atoms with Gasteiger partial charge < -0.3 is 29.3 Å². The van der Waals surface area contributed by atoms with Crippen LogP contribution in [-0.2, 0) is 14.3 Å². The molecule has 32 heavy (non-hydrogen) atoms. The topological polar surface area (TPSA) is 106 Å². The number of hydrogen-bond donors (Lipinski definition) is 2. The lowest BCUT2D eigenvalue weighted by molar-refractivity contribution is -0.140.